The maximum Gasteiger partial charge on any atom is 0.324 e. The minimum absolute atomic E-state index is 0.282. The van der Waals surface area contributed by atoms with Gasteiger partial charge >= 0.3 is 12.0 Å². The summed E-state index contributed by atoms with van der Waals surface area (Å²) in [5.41, 5.74) is 0. The Morgan fingerprint density at radius 2 is 1.35 bits per heavy atom. The summed E-state index contributed by atoms with van der Waals surface area (Å²) < 4.78 is 10.1. The molecule has 0 aliphatic heterocycles. The quantitative estimate of drug-likeness (QED) is 0.720. The molecule has 6 heteroatoms. The minimum Gasteiger partial charge on any atom is -0.467 e. The Kier molecular flexibility index (Phi) is 5.45. The van der Waals surface area contributed by atoms with E-state index in [1.807, 2.05) is 0 Å². The normalized spacial score (nSPS) is 10.1. The van der Waals surface area contributed by atoms with E-state index in [1.54, 1.807) is 0 Å². The first kappa shape index (κ1) is 13.5. The van der Waals surface area contributed by atoms with Gasteiger partial charge in [0.15, 0.2) is 0 Å². The van der Waals surface area contributed by atoms with E-state index < -0.39 is 0 Å². The Labute approximate surface area is 102 Å². The van der Waals surface area contributed by atoms with Crippen LogP contribution in [0.25, 0.3) is 0 Å². The first-order chi connectivity index (χ1) is 8.24. The summed E-state index contributed by atoms with van der Waals surface area (Å²) in [6.07, 6.45) is 2.08. The van der Waals surface area contributed by atoms with Crippen LogP contribution in [-0.2, 0) is 0 Å². The van der Waals surface area contributed by atoms with Crippen molar-refractivity contribution in [2.75, 3.05) is 32.2 Å². The second-order valence-electron chi connectivity index (χ2n) is 3.60. The van der Waals surface area contributed by atoms with Gasteiger partial charge in [-0.05, 0) is 12.8 Å². The average molecular weight is 240 g/mol. The minimum atomic E-state index is 0.282. The van der Waals surface area contributed by atoms with E-state index >= 15 is 0 Å². The molecule has 6 nitrogen and oxygen atoms in total. The maximum atomic E-state index is 5.03. The van der Waals surface area contributed by atoms with Gasteiger partial charge in [-0.15, -0.1) is 4.98 Å². The molecule has 0 fully saturated rings. The molecule has 0 aliphatic carbocycles. The van der Waals surface area contributed by atoms with Crippen LogP contribution in [0, 0.1) is 0 Å². The molecule has 0 aliphatic rings. The highest BCUT2D eigenvalue weighted by Crippen LogP contribution is 2.16. The first-order valence-electron chi connectivity index (χ1n) is 5.84. The van der Waals surface area contributed by atoms with E-state index in [-0.39, 0.29) is 12.0 Å². The number of rotatable bonds is 7. The Balaban J connectivity index is 2.99. The van der Waals surface area contributed by atoms with Crippen molar-refractivity contribution in [1.82, 2.24) is 15.0 Å². The van der Waals surface area contributed by atoms with E-state index in [0.29, 0.717) is 5.95 Å². The SMILES string of the molecule is CCCN(CCC)c1nc(OC)nc(OC)n1. The number of methoxy groups -OCH3 is 2. The van der Waals surface area contributed by atoms with Gasteiger partial charge < -0.3 is 14.4 Å². The van der Waals surface area contributed by atoms with Crippen LogP contribution in [0.4, 0.5) is 5.95 Å². The zero-order chi connectivity index (χ0) is 12.7. The molecule has 1 heterocycles. The number of hydrogen-bond donors (Lipinski definition) is 0. The topological polar surface area (TPSA) is 60.4 Å². The molecule has 0 amide bonds. The van der Waals surface area contributed by atoms with Gasteiger partial charge in [-0.3, -0.25) is 0 Å². The molecule has 0 unspecified atom stereocenters. The predicted molar refractivity (Wildman–Crippen MR) is 65.7 cm³/mol. The third-order valence-electron chi connectivity index (χ3n) is 2.22. The van der Waals surface area contributed by atoms with E-state index in [1.165, 1.54) is 14.2 Å². The standard InChI is InChI=1S/C11H20N4O2/c1-5-7-15(8-6-2)9-12-10(16-3)14-11(13-9)17-4/h5-8H2,1-4H3. The fraction of sp³-hybridized carbons (Fsp3) is 0.727. The number of aromatic nitrogens is 3. The second-order valence-corrected chi connectivity index (χ2v) is 3.60. The van der Waals surface area contributed by atoms with Crippen molar-refractivity contribution in [3.63, 3.8) is 0 Å². The van der Waals surface area contributed by atoms with Crippen LogP contribution >= 0.6 is 0 Å². The first-order valence-corrected chi connectivity index (χ1v) is 5.84. The Bertz CT molecular complexity index is 318. The lowest BCUT2D eigenvalue weighted by Gasteiger charge is -2.21. The molecule has 1 aromatic heterocycles. The lowest BCUT2D eigenvalue weighted by molar-refractivity contribution is 0.339. The zero-order valence-electron chi connectivity index (χ0n) is 10.9. The average Bonchev–Trinajstić information content (AvgIpc) is 2.37. The van der Waals surface area contributed by atoms with Crippen molar-refractivity contribution >= 4 is 5.95 Å². The molecule has 0 bridgehead atoms. The highest BCUT2D eigenvalue weighted by molar-refractivity contribution is 5.31. The fourth-order valence-electron chi connectivity index (χ4n) is 1.50. The summed E-state index contributed by atoms with van der Waals surface area (Å²) in [5.74, 6) is 0.609. The van der Waals surface area contributed by atoms with Gasteiger partial charge in [-0.25, -0.2) is 0 Å². The highest BCUT2D eigenvalue weighted by atomic mass is 16.5. The number of hydrogen-bond acceptors (Lipinski definition) is 6. The van der Waals surface area contributed by atoms with Crippen LogP contribution in [0.5, 0.6) is 12.0 Å². The summed E-state index contributed by atoms with van der Waals surface area (Å²) in [7, 11) is 3.06. The molecule has 0 saturated heterocycles. The van der Waals surface area contributed by atoms with Crippen molar-refractivity contribution < 1.29 is 9.47 Å². The van der Waals surface area contributed by atoms with Gasteiger partial charge in [0.1, 0.15) is 0 Å². The third kappa shape index (κ3) is 3.72. The summed E-state index contributed by atoms with van der Waals surface area (Å²) in [5, 5.41) is 0. The maximum absolute atomic E-state index is 5.03. The van der Waals surface area contributed by atoms with Crippen LogP contribution in [-0.4, -0.2) is 42.3 Å². The van der Waals surface area contributed by atoms with Crippen LogP contribution in [0.2, 0.25) is 0 Å². The Hall–Kier alpha value is -1.59. The van der Waals surface area contributed by atoms with E-state index in [4.69, 9.17) is 9.47 Å². The van der Waals surface area contributed by atoms with Crippen LogP contribution in [0.1, 0.15) is 26.7 Å². The van der Waals surface area contributed by atoms with E-state index in [0.717, 1.165) is 25.9 Å². The lowest BCUT2D eigenvalue weighted by Crippen LogP contribution is -2.27. The zero-order valence-corrected chi connectivity index (χ0v) is 10.9. The Morgan fingerprint density at radius 1 is 0.882 bits per heavy atom. The Morgan fingerprint density at radius 3 is 1.71 bits per heavy atom. The van der Waals surface area contributed by atoms with Gasteiger partial charge in [-0.2, -0.15) is 9.97 Å². The molecule has 1 rings (SSSR count). The monoisotopic (exact) mass is 240 g/mol. The van der Waals surface area contributed by atoms with Gasteiger partial charge in [0, 0.05) is 13.1 Å². The number of anilines is 1. The molecule has 0 aromatic carbocycles. The predicted octanol–water partition coefficient (Wildman–Crippen LogP) is 1.52. The summed E-state index contributed by atoms with van der Waals surface area (Å²) >= 11 is 0. The van der Waals surface area contributed by atoms with Gasteiger partial charge in [0.2, 0.25) is 5.95 Å². The summed E-state index contributed by atoms with van der Waals surface area (Å²) in [6.45, 7) is 6.06. The lowest BCUT2D eigenvalue weighted by atomic mass is 10.4. The van der Waals surface area contributed by atoms with Gasteiger partial charge in [-0.1, -0.05) is 13.8 Å². The molecule has 96 valence electrons. The van der Waals surface area contributed by atoms with Crippen molar-refractivity contribution in [1.29, 1.82) is 0 Å². The van der Waals surface area contributed by atoms with Crippen molar-refractivity contribution in [3.05, 3.63) is 0 Å². The van der Waals surface area contributed by atoms with Crippen molar-refractivity contribution in [3.8, 4) is 12.0 Å². The fourth-order valence-corrected chi connectivity index (χ4v) is 1.50. The van der Waals surface area contributed by atoms with Gasteiger partial charge in [0.05, 0.1) is 14.2 Å². The molecule has 0 saturated carbocycles. The summed E-state index contributed by atoms with van der Waals surface area (Å²) in [4.78, 5) is 14.6. The largest absolute Gasteiger partial charge is 0.467 e. The van der Waals surface area contributed by atoms with Crippen molar-refractivity contribution in [2.24, 2.45) is 0 Å². The van der Waals surface area contributed by atoms with Gasteiger partial charge in [0.25, 0.3) is 0 Å². The van der Waals surface area contributed by atoms with E-state index in [9.17, 15) is 0 Å². The molecule has 0 atom stereocenters. The molecule has 0 spiro atoms. The number of nitrogens with zero attached hydrogens (tertiary/aromatic N) is 4. The third-order valence-corrected chi connectivity index (χ3v) is 2.22. The summed E-state index contributed by atoms with van der Waals surface area (Å²) in [6, 6.07) is 0.563. The second kappa shape index (κ2) is 6.88. The van der Waals surface area contributed by atoms with Crippen molar-refractivity contribution in [2.45, 2.75) is 26.7 Å². The molecule has 0 N–H and O–H groups in total. The molecular weight excluding hydrogens is 220 g/mol. The molecule has 0 radical (unpaired) electrons. The molecule has 1 aromatic rings. The number of ether oxygens (including phenoxy) is 2. The van der Waals surface area contributed by atoms with E-state index in [2.05, 4.69) is 33.7 Å². The highest BCUT2D eigenvalue weighted by Gasteiger charge is 2.12. The molecular formula is C11H20N4O2. The van der Waals surface area contributed by atoms with Crippen LogP contribution in [0.15, 0.2) is 0 Å². The van der Waals surface area contributed by atoms with Crippen LogP contribution < -0.4 is 14.4 Å². The molecule has 17 heavy (non-hydrogen) atoms. The van der Waals surface area contributed by atoms with Crippen LogP contribution in [0.3, 0.4) is 0 Å². The smallest absolute Gasteiger partial charge is 0.324 e.